The van der Waals surface area contributed by atoms with Crippen molar-refractivity contribution in [3.63, 3.8) is 0 Å². The topological polar surface area (TPSA) is 68.7 Å². The lowest BCUT2D eigenvalue weighted by Crippen LogP contribution is -2.31. The molecule has 1 saturated heterocycles. The van der Waals surface area contributed by atoms with E-state index in [2.05, 4.69) is 4.98 Å². The van der Waals surface area contributed by atoms with Crippen molar-refractivity contribution < 1.29 is 22.3 Å². The fourth-order valence-corrected chi connectivity index (χ4v) is 4.75. The number of fused-ring (bicyclic) bond motifs is 1. The molecule has 0 spiro atoms. The fourth-order valence-electron chi connectivity index (χ4n) is 3.25. The highest BCUT2D eigenvalue weighted by Gasteiger charge is 2.34. The Balaban J connectivity index is 1.49. The van der Waals surface area contributed by atoms with Gasteiger partial charge in [-0.3, -0.25) is 0 Å². The van der Waals surface area contributed by atoms with Gasteiger partial charge in [0.1, 0.15) is 6.10 Å². The van der Waals surface area contributed by atoms with Crippen LogP contribution in [0.3, 0.4) is 0 Å². The summed E-state index contributed by atoms with van der Waals surface area (Å²) in [5.41, 5.74) is 0.816. The van der Waals surface area contributed by atoms with E-state index in [1.54, 1.807) is 6.07 Å². The van der Waals surface area contributed by atoms with E-state index in [9.17, 15) is 12.8 Å². The lowest BCUT2D eigenvalue weighted by molar-refractivity contribution is 0.207. The van der Waals surface area contributed by atoms with Crippen molar-refractivity contribution in [2.24, 2.45) is 0 Å². The molecule has 2 aromatic carbocycles. The number of hydrogen-bond donors (Lipinski definition) is 0. The normalized spacial score (nSPS) is 17.7. The average Bonchev–Trinajstić information content (AvgIpc) is 3.17. The molecule has 0 aliphatic carbocycles. The van der Waals surface area contributed by atoms with Crippen molar-refractivity contribution in [3.05, 3.63) is 60.4 Å². The molecule has 28 heavy (non-hydrogen) atoms. The summed E-state index contributed by atoms with van der Waals surface area (Å²) < 4.78 is 51.6. The number of methoxy groups -OCH3 is 1. The molecule has 1 aliphatic rings. The fraction of sp³-hybridized carbons (Fsp3) is 0.250. The first-order valence-corrected chi connectivity index (χ1v) is 10.3. The van der Waals surface area contributed by atoms with E-state index >= 15 is 0 Å². The predicted molar refractivity (Wildman–Crippen MR) is 102 cm³/mol. The van der Waals surface area contributed by atoms with Crippen LogP contribution in [0, 0.1) is 5.82 Å². The molecular formula is C20H19FN2O4S. The molecule has 8 heteroatoms. The van der Waals surface area contributed by atoms with E-state index in [0.717, 1.165) is 17.0 Å². The molecule has 1 aromatic heterocycles. The second kappa shape index (κ2) is 7.37. The van der Waals surface area contributed by atoms with Gasteiger partial charge in [-0.1, -0.05) is 18.2 Å². The predicted octanol–water partition coefficient (Wildman–Crippen LogP) is 3.22. The number of pyridine rings is 1. The van der Waals surface area contributed by atoms with Crippen LogP contribution in [-0.2, 0) is 10.0 Å². The van der Waals surface area contributed by atoms with Gasteiger partial charge in [-0.25, -0.2) is 17.8 Å². The molecule has 0 saturated carbocycles. The van der Waals surface area contributed by atoms with Crippen LogP contribution in [0.25, 0.3) is 10.9 Å². The van der Waals surface area contributed by atoms with Gasteiger partial charge in [0.05, 0.1) is 24.1 Å². The standard InChI is InChI=1S/C20H19FN2O4S/c1-26-19-8-7-16(12-17(19)21)28(24,25)23-11-10-15(13-23)27-20-9-6-14-4-2-3-5-18(14)22-20/h2-9,12,15H,10-11,13H2,1H3. The van der Waals surface area contributed by atoms with Gasteiger partial charge in [0.15, 0.2) is 11.6 Å². The Kier molecular flexibility index (Phi) is 4.91. The minimum atomic E-state index is -3.81. The Morgan fingerprint density at radius 3 is 2.75 bits per heavy atom. The summed E-state index contributed by atoms with van der Waals surface area (Å²) in [6.07, 6.45) is 0.221. The number of para-hydroxylation sites is 1. The lowest BCUT2D eigenvalue weighted by atomic mass is 10.2. The molecule has 1 atom stereocenters. The largest absolute Gasteiger partial charge is 0.494 e. The first-order valence-electron chi connectivity index (χ1n) is 8.83. The van der Waals surface area contributed by atoms with Crippen LogP contribution in [0.1, 0.15) is 6.42 Å². The highest BCUT2D eigenvalue weighted by atomic mass is 32.2. The SMILES string of the molecule is COc1ccc(S(=O)(=O)N2CCC(Oc3ccc4ccccc4n3)C2)cc1F. The number of benzene rings is 2. The number of halogens is 1. The van der Waals surface area contributed by atoms with Crippen LogP contribution in [0.15, 0.2) is 59.5 Å². The maximum absolute atomic E-state index is 13.9. The Bertz CT molecular complexity index is 1120. The van der Waals surface area contributed by atoms with Crippen LogP contribution >= 0.6 is 0 Å². The van der Waals surface area contributed by atoms with Crippen LogP contribution in [0.5, 0.6) is 11.6 Å². The molecule has 0 amide bonds. The van der Waals surface area contributed by atoms with Crippen molar-refractivity contribution in [1.82, 2.24) is 9.29 Å². The van der Waals surface area contributed by atoms with E-state index in [4.69, 9.17) is 9.47 Å². The molecule has 0 N–H and O–H groups in total. The first kappa shape index (κ1) is 18.6. The van der Waals surface area contributed by atoms with Crippen molar-refractivity contribution in [1.29, 1.82) is 0 Å². The Hall–Kier alpha value is -2.71. The van der Waals surface area contributed by atoms with Gasteiger partial charge in [-0.05, 0) is 36.8 Å². The number of hydrogen-bond acceptors (Lipinski definition) is 5. The lowest BCUT2D eigenvalue weighted by Gasteiger charge is -2.17. The monoisotopic (exact) mass is 402 g/mol. The number of nitrogens with zero attached hydrogens (tertiary/aromatic N) is 2. The average molecular weight is 402 g/mol. The molecule has 1 fully saturated rings. The summed E-state index contributed by atoms with van der Waals surface area (Å²) in [4.78, 5) is 4.36. The minimum absolute atomic E-state index is 0.00367. The van der Waals surface area contributed by atoms with E-state index in [-0.39, 0.29) is 23.3 Å². The zero-order valence-electron chi connectivity index (χ0n) is 15.2. The van der Waals surface area contributed by atoms with Gasteiger partial charge in [-0.2, -0.15) is 4.31 Å². The van der Waals surface area contributed by atoms with Gasteiger partial charge >= 0.3 is 0 Å². The zero-order chi connectivity index (χ0) is 19.7. The third kappa shape index (κ3) is 3.53. The molecule has 0 bridgehead atoms. The smallest absolute Gasteiger partial charge is 0.243 e. The number of aromatic nitrogens is 1. The molecule has 2 heterocycles. The van der Waals surface area contributed by atoms with Gasteiger partial charge in [-0.15, -0.1) is 0 Å². The molecule has 4 rings (SSSR count). The molecular weight excluding hydrogens is 383 g/mol. The summed E-state index contributed by atoms with van der Waals surface area (Å²) in [7, 11) is -2.48. The summed E-state index contributed by atoms with van der Waals surface area (Å²) in [5.74, 6) is -0.252. The highest BCUT2D eigenvalue weighted by molar-refractivity contribution is 7.89. The quantitative estimate of drug-likeness (QED) is 0.655. The summed E-state index contributed by atoms with van der Waals surface area (Å²) in [5, 5.41) is 1.01. The van der Waals surface area contributed by atoms with Crippen molar-refractivity contribution >= 4 is 20.9 Å². The third-order valence-corrected chi connectivity index (χ3v) is 6.59. The number of sulfonamides is 1. The van der Waals surface area contributed by atoms with Crippen molar-refractivity contribution in [2.75, 3.05) is 20.2 Å². The van der Waals surface area contributed by atoms with Gasteiger partial charge < -0.3 is 9.47 Å². The van der Waals surface area contributed by atoms with E-state index < -0.39 is 15.8 Å². The molecule has 6 nitrogen and oxygen atoms in total. The van der Waals surface area contributed by atoms with Crippen LogP contribution in [0.4, 0.5) is 4.39 Å². The van der Waals surface area contributed by atoms with Crippen LogP contribution in [0.2, 0.25) is 0 Å². The minimum Gasteiger partial charge on any atom is -0.494 e. The maximum atomic E-state index is 13.9. The Labute approximate surface area is 162 Å². The van der Waals surface area contributed by atoms with Crippen LogP contribution < -0.4 is 9.47 Å². The number of ether oxygens (including phenoxy) is 2. The summed E-state index contributed by atoms with van der Waals surface area (Å²) >= 11 is 0. The van der Waals surface area contributed by atoms with Crippen molar-refractivity contribution in [3.8, 4) is 11.6 Å². The van der Waals surface area contributed by atoms with Crippen molar-refractivity contribution in [2.45, 2.75) is 17.4 Å². The van der Waals surface area contributed by atoms with Gasteiger partial charge in [0.25, 0.3) is 0 Å². The zero-order valence-corrected chi connectivity index (χ0v) is 16.0. The second-order valence-corrected chi connectivity index (χ2v) is 8.47. The Morgan fingerprint density at radius 2 is 1.96 bits per heavy atom. The summed E-state index contributed by atoms with van der Waals surface area (Å²) in [6.45, 7) is 0.485. The molecule has 0 radical (unpaired) electrons. The third-order valence-electron chi connectivity index (χ3n) is 4.73. The maximum Gasteiger partial charge on any atom is 0.243 e. The summed E-state index contributed by atoms with van der Waals surface area (Å²) in [6, 6.07) is 15.0. The van der Waals surface area contributed by atoms with Gasteiger partial charge in [0.2, 0.25) is 15.9 Å². The molecule has 1 unspecified atom stereocenters. The molecule has 3 aromatic rings. The van der Waals surface area contributed by atoms with Crippen LogP contribution in [-0.4, -0.2) is 44.0 Å². The number of rotatable bonds is 5. The van der Waals surface area contributed by atoms with E-state index in [1.807, 2.05) is 30.3 Å². The van der Waals surface area contributed by atoms with Gasteiger partial charge in [0, 0.05) is 18.0 Å². The highest BCUT2D eigenvalue weighted by Crippen LogP contribution is 2.27. The molecule has 146 valence electrons. The van der Waals surface area contributed by atoms with E-state index in [0.29, 0.717) is 18.8 Å². The Morgan fingerprint density at radius 1 is 1.14 bits per heavy atom. The second-order valence-electron chi connectivity index (χ2n) is 6.53. The first-order chi connectivity index (χ1) is 13.5. The molecule has 1 aliphatic heterocycles. The van der Waals surface area contributed by atoms with E-state index in [1.165, 1.54) is 23.5 Å².